The number of amides is 2. The van der Waals surface area contributed by atoms with Gasteiger partial charge in [-0.15, -0.1) is 0 Å². The van der Waals surface area contributed by atoms with Gasteiger partial charge in [-0.3, -0.25) is 9.59 Å². The van der Waals surface area contributed by atoms with Crippen molar-refractivity contribution in [3.05, 3.63) is 41.3 Å². The molecule has 0 bridgehead atoms. The Kier molecular flexibility index (Phi) is 3.76. The Morgan fingerprint density at radius 2 is 2.08 bits per heavy atom. The minimum absolute atomic E-state index is 0.115. The first-order valence-corrected chi connectivity index (χ1v) is 8.72. The molecule has 0 spiro atoms. The van der Waals surface area contributed by atoms with E-state index in [1.54, 1.807) is 17.9 Å². The molecule has 1 aromatic carbocycles. The summed E-state index contributed by atoms with van der Waals surface area (Å²) in [4.78, 5) is 30.5. The van der Waals surface area contributed by atoms with Crippen LogP contribution in [-0.2, 0) is 4.79 Å². The highest BCUT2D eigenvalue weighted by molar-refractivity contribution is 7.22. The Labute approximate surface area is 147 Å². The first-order valence-electron chi connectivity index (χ1n) is 7.90. The number of nitrogens with one attached hydrogen (secondary N) is 1. The molecule has 2 amide bonds. The lowest BCUT2D eigenvalue weighted by molar-refractivity contribution is -0.123. The van der Waals surface area contributed by atoms with E-state index in [-0.39, 0.29) is 23.4 Å². The maximum atomic E-state index is 12.3. The predicted octanol–water partition coefficient (Wildman–Crippen LogP) is 2.61. The second kappa shape index (κ2) is 5.96. The summed E-state index contributed by atoms with van der Waals surface area (Å²) in [5.41, 5.74) is 2.31. The Bertz CT molecular complexity index is 971. The number of carbonyl (C=O) groups excluding carboxylic acids is 2. The minimum Gasteiger partial charge on any atom is -0.361 e. The smallest absolute Gasteiger partial charge is 0.276 e. The van der Waals surface area contributed by atoms with Crippen LogP contribution in [0.25, 0.3) is 10.2 Å². The molecule has 4 rings (SSSR count). The number of fused-ring (bicyclic) bond motifs is 1. The number of aromatic nitrogens is 2. The number of nitrogens with zero attached hydrogens (tertiary/aromatic N) is 3. The van der Waals surface area contributed by atoms with E-state index in [0.29, 0.717) is 24.0 Å². The van der Waals surface area contributed by atoms with E-state index in [0.717, 1.165) is 15.8 Å². The molecule has 8 heteroatoms. The molecule has 1 N–H and O–H groups in total. The molecule has 1 aliphatic heterocycles. The van der Waals surface area contributed by atoms with Crippen LogP contribution in [-0.4, -0.2) is 39.9 Å². The fraction of sp³-hybridized carbons (Fsp3) is 0.294. The van der Waals surface area contributed by atoms with Gasteiger partial charge in [0.05, 0.1) is 16.1 Å². The Morgan fingerprint density at radius 3 is 2.80 bits per heavy atom. The van der Waals surface area contributed by atoms with Gasteiger partial charge in [-0.25, -0.2) is 4.98 Å². The summed E-state index contributed by atoms with van der Waals surface area (Å²) in [6.45, 7) is 4.50. The van der Waals surface area contributed by atoms with Crippen molar-refractivity contribution in [3.8, 4) is 0 Å². The number of aryl methyl sites for hydroxylation is 2. The van der Waals surface area contributed by atoms with Crippen molar-refractivity contribution in [2.45, 2.75) is 13.8 Å². The number of carbonyl (C=O) groups is 2. The van der Waals surface area contributed by atoms with Crippen LogP contribution in [0.1, 0.15) is 21.8 Å². The molecule has 1 saturated heterocycles. The number of thiazole rings is 1. The lowest BCUT2D eigenvalue weighted by Crippen LogP contribution is -2.54. The van der Waals surface area contributed by atoms with Gasteiger partial charge in [0.15, 0.2) is 10.8 Å². The van der Waals surface area contributed by atoms with Crippen molar-refractivity contribution in [1.82, 2.24) is 15.0 Å². The van der Waals surface area contributed by atoms with E-state index < -0.39 is 0 Å². The fourth-order valence-electron chi connectivity index (χ4n) is 2.73. The number of anilines is 1. The van der Waals surface area contributed by atoms with Gasteiger partial charge in [-0.05, 0) is 31.5 Å². The topological polar surface area (TPSA) is 88.3 Å². The van der Waals surface area contributed by atoms with E-state index in [2.05, 4.69) is 15.5 Å². The van der Waals surface area contributed by atoms with Crippen molar-refractivity contribution < 1.29 is 14.1 Å². The fourth-order valence-corrected chi connectivity index (χ4v) is 3.70. The lowest BCUT2D eigenvalue weighted by atomic mass is 9.99. The first-order chi connectivity index (χ1) is 12.0. The average molecular weight is 356 g/mol. The Hall–Kier alpha value is -2.74. The molecule has 25 heavy (non-hydrogen) atoms. The van der Waals surface area contributed by atoms with Gasteiger partial charge in [0, 0.05) is 19.2 Å². The molecule has 0 unspecified atom stereocenters. The van der Waals surface area contributed by atoms with Crippen LogP contribution in [0, 0.1) is 19.8 Å². The van der Waals surface area contributed by atoms with Crippen LogP contribution in [0.3, 0.4) is 0 Å². The van der Waals surface area contributed by atoms with Crippen LogP contribution in [0.2, 0.25) is 0 Å². The zero-order valence-electron chi connectivity index (χ0n) is 13.8. The molecule has 3 heterocycles. The molecule has 2 aromatic heterocycles. The number of likely N-dealkylation sites (tertiary alicyclic amines) is 1. The summed E-state index contributed by atoms with van der Waals surface area (Å²) in [5, 5.41) is 7.15. The quantitative estimate of drug-likeness (QED) is 0.779. The van der Waals surface area contributed by atoms with Gasteiger partial charge >= 0.3 is 0 Å². The van der Waals surface area contributed by atoms with Crippen LogP contribution in [0.5, 0.6) is 0 Å². The molecule has 0 radical (unpaired) electrons. The number of hydrogen-bond acceptors (Lipinski definition) is 6. The van der Waals surface area contributed by atoms with Crippen LogP contribution in [0.4, 0.5) is 5.13 Å². The summed E-state index contributed by atoms with van der Waals surface area (Å²) >= 11 is 1.45. The second-order valence-corrected chi connectivity index (χ2v) is 7.24. The zero-order valence-corrected chi connectivity index (χ0v) is 14.6. The number of benzene rings is 1. The molecule has 3 aromatic rings. The standard InChI is InChI=1S/C17H16N4O3S/c1-9-3-4-12-14(5-9)25-17(18-12)19-15(22)11-7-21(8-11)16(23)13-6-10(2)24-20-13/h3-6,11H,7-8H2,1-2H3,(H,18,19,22). The summed E-state index contributed by atoms with van der Waals surface area (Å²) in [5.74, 6) is 0.0301. The molecule has 0 atom stereocenters. The molecule has 0 saturated carbocycles. The van der Waals surface area contributed by atoms with E-state index in [1.807, 2.05) is 25.1 Å². The van der Waals surface area contributed by atoms with Gasteiger partial charge in [-0.1, -0.05) is 22.6 Å². The third kappa shape index (κ3) is 3.00. The monoisotopic (exact) mass is 356 g/mol. The summed E-state index contributed by atoms with van der Waals surface area (Å²) < 4.78 is 5.95. The SMILES string of the molecule is Cc1ccc2nc(NC(=O)C3CN(C(=O)c4cc(C)on4)C3)sc2c1. The highest BCUT2D eigenvalue weighted by Crippen LogP contribution is 2.28. The molecule has 7 nitrogen and oxygen atoms in total. The number of rotatable bonds is 3. The maximum absolute atomic E-state index is 12.3. The van der Waals surface area contributed by atoms with Crippen molar-refractivity contribution in [2.75, 3.05) is 18.4 Å². The Morgan fingerprint density at radius 1 is 1.28 bits per heavy atom. The van der Waals surface area contributed by atoms with Crippen LogP contribution >= 0.6 is 11.3 Å². The first kappa shape index (κ1) is 15.8. The van der Waals surface area contributed by atoms with Gasteiger partial charge in [0.2, 0.25) is 5.91 Å². The van der Waals surface area contributed by atoms with Gasteiger partial charge in [0.25, 0.3) is 5.91 Å². The van der Waals surface area contributed by atoms with Crippen molar-refractivity contribution >= 4 is 38.5 Å². The zero-order chi connectivity index (χ0) is 17.6. The lowest BCUT2D eigenvalue weighted by Gasteiger charge is -2.37. The minimum atomic E-state index is -0.231. The summed E-state index contributed by atoms with van der Waals surface area (Å²) in [6.07, 6.45) is 0. The molecule has 0 aliphatic carbocycles. The molecular weight excluding hydrogens is 340 g/mol. The number of hydrogen-bond donors (Lipinski definition) is 1. The second-order valence-electron chi connectivity index (χ2n) is 6.21. The average Bonchev–Trinajstić information content (AvgIpc) is 3.10. The predicted molar refractivity (Wildman–Crippen MR) is 93.6 cm³/mol. The highest BCUT2D eigenvalue weighted by Gasteiger charge is 2.37. The largest absolute Gasteiger partial charge is 0.361 e. The normalized spacial score (nSPS) is 14.6. The van der Waals surface area contributed by atoms with E-state index in [1.165, 1.54) is 11.3 Å². The molecule has 128 valence electrons. The Balaban J connectivity index is 1.37. The van der Waals surface area contributed by atoms with Gasteiger partial charge in [-0.2, -0.15) is 0 Å². The third-order valence-corrected chi connectivity index (χ3v) is 5.09. The third-order valence-electron chi connectivity index (χ3n) is 4.16. The maximum Gasteiger partial charge on any atom is 0.276 e. The van der Waals surface area contributed by atoms with Crippen molar-refractivity contribution in [2.24, 2.45) is 5.92 Å². The van der Waals surface area contributed by atoms with Gasteiger partial charge in [0.1, 0.15) is 5.76 Å². The van der Waals surface area contributed by atoms with E-state index in [9.17, 15) is 9.59 Å². The van der Waals surface area contributed by atoms with Crippen LogP contribution < -0.4 is 5.32 Å². The molecule has 1 aliphatic rings. The summed E-state index contributed by atoms with van der Waals surface area (Å²) in [6, 6.07) is 7.58. The van der Waals surface area contributed by atoms with Crippen LogP contribution in [0.15, 0.2) is 28.8 Å². The molecular formula is C17H16N4O3S. The van der Waals surface area contributed by atoms with Crippen molar-refractivity contribution in [3.63, 3.8) is 0 Å². The van der Waals surface area contributed by atoms with Crippen molar-refractivity contribution in [1.29, 1.82) is 0 Å². The summed E-state index contributed by atoms with van der Waals surface area (Å²) in [7, 11) is 0. The molecule has 1 fully saturated rings. The van der Waals surface area contributed by atoms with E-state index >= 15 is 0 Å². The van der Waals surface area contributed by atoms with Gasteiger partial charge < -0.3 is 14.7 Å². The highest BCUT2D eigenvalue weighted by atomic mass is 32.1. The van der Waals surface area contributed by atoms with E-state index in [4.69, 9.17) is 4.52 Å².